The van der Waals surface area contributed by atoms with Gasteiger partial charge in [-0.2, -0.15) is 0 Å². The lowest BCUT2D eigenvalue weighted by Crippen LogP contribution is -2.37. The first-order chi connectivity index (χ1) is 7.45. The van der Waals surface area contributed by atoms with E-state index in [4.69, 9.17) is 4.74 Å². The lowest BCUT2D eigenvalue weighted by molar-refractivity contribution is 0.0380. The smallest absolute Gasteiger partial charge is 0.0594 e. The van der Waals surface area contributed by atoms with Gasteiger partial charge in [-0.05, 0) is 38.1 Å². The van der Waals surface area contributed by atoms with E-state index >= 15 is 0 Å². The Labute approximate surface area is 94.0 Å². The van der Waals surface area contributed by atoms with Crippen molar-refractivity contribution in [1.82, 2.24) is 4.90 Å². The Balaban J connectivity index is 1.53. The number of hydrogen-bond acceptors (Lipinski definition) is 2. The van der Waals surface area contributed by atoms with Crippen molar-refractivity contribution in [2.24, 2.45) is 5.92 Å². The van der Waals surface area contributed by atoms with Gasteiger partial charge in [-0.15, -0.1) is 0 Å². The number of nitrogens with zero attached hydrogens (tertiary/aromatic N) is 1. The van der Waals surface area contributed by atoms with E-state index in [9.17, 15) is 0 Å². The highest BCUT2D eigenvalue weighted by Gasteiger charge is 2.15. The van der Waals surface area contributed by atoms with Crippen LogP contribution in [0.4, 0.5) is 0 Å². The van der Waals surface area contributed by atoms with Crippen LogP contribution in [-0.2, 0) is 4.74 Å². The van der Waals surface area contributed by atoms with Gasteiger partial charge >= 0.3 is 0 Å². The normalized spacial score (nSPS) is 25.6. The first kappa shape index (κ1) is 11.4. The molecule has 0 unspecified atom stereocenters. The van der Waals surface area contributed by atoms with Crippen molar-refractivity contribution < 1.29 is 4.74 Å². The number of rotatable bonds is 4. The minimum absolute atomic E-state index is 0.805. The molecule has 15 heavy (non-hydrogen) atoms. The van der Waals surface area contributed by atoms with E-state index in [-0.39, 0.29) is 0 Å². The molecule has 2 nitrogen and oxygen atoms in total. The summed E-state index contributed by atoms with van der Waals surface area (Å²) in [4.78, 5) is 2.50. The predicted octanol–water partition coefficient (Wildman–Crippen LogP) is 2.37. The first-order valence-electron chi connectivity index (χ1n) is 6.48. The summed E-state index contributed by atoms with van der Waals surface area (Å²) in [6.45, 7) is 5.27. The molecular formula is C13H23NO. The molecule has 0 aromatic carbocycles. The van der Waals surface area contributed by atoms with Gasteiger partial charge in [0.15, 0.2) is 0 Å². The Morgan fingerprint density at radius 2 is 1.80 bits per heavy atom. The first-order valence-corrected chi connectivity index (χ1v) is 6.48. The molecule has 0 bridgehead atoms. The zero-order chi connectivity index (χ0) is 10.3. The summed E-state index contributed by atoms with van der Waals surface area (Å²) in [6, 6.07) is 0. The molecule has 1 saturated carbocycles. The molecule has 0 aromatic heterocycles. The van der Waals surface area contributed by atoms with E-state index in [0.717, 1.165) is 38.6 Å². The molecule has 2 aliphatic rings. The monoisotopic (exact) mass is 209 g/mol. The molecule has 0 aromatic rings. The fourth-order valence-electron chi connectivity index (χ4n) is 2.56. The maximum absolute atomic E-state index is 5.33. The van der Waals surface area contributed by atoms with Crippen molar-refractivity contribution in [3.63, 3.8) is 0 Å². The average molecular weight is 209 g/mol. The quantitative estimate of drug-likeness (QED) is 0.705. The van der Waals surface area contributed by atoms with Crippen molar-refractivity contribution >= 4 is 0 Å². The highest BCUT2D eigenvalue weighted by molar-refractivity contribution is 4.80. The van der Waals surface area contributed by atoms with Crippen LogP contribution >= 0.6 is 0 Å². The Bertz CT molecular complexity index is 142. The summed E-state index contributed by atoms with van der Waals surface area (Å²) in [5, 5.41) is 0. The number of hydrogen-bond donors (Lipinski definition) is 0. The van der Waals surface area contributed by atoms with Crippen LogP contribution in [-0.4, -0.2) is 37.7 Å². The zero-order valence-corrected chi connectivity index (χ0v) is 9.71. The van der Waals surface area contributed by atoms with Crippen LogP contribution in [0, 0.1) is 12.3 Å². The van der Waals surface area contributed by atoms with Gasteiger partial charge in [-0.1, -0.05) is 19.3 Å². The topological polar surface area (TPSA) is 12.5 Å². The van der Waals surface area contributed by atoms with Crippen LogP contribution < -0.4 is 0 Å². The molecule has 0 spiro atoms. The molecule has 2 fully saturated rings. The molecule has 0 amide bonds. The summed E-state index contributed by atoms with van der Waals surface area (Å²) in [5.41, 5.74) is 0. The Hall–Kier alpha value is -0.0800. The van der Waals surface area contributed by atoms with E-state index < -0.39 is 0 Å². The molecule has 2 rings (SSSR count). The molecule has 1 saturated heterocycles. The summed E-state index contributed by atoms with van der Waals surface area (Å²) < 4.78 is 5.33. The zero-order valence-electron chi connectivity index (χ0n) is 9.71. The van der Waals surface area contributed by atoms with Crippen LogP contribution in [0.5, 0.6) is 0 Å². The van der Waals surface area contributed by atoms with Crippen LogP contribution in [0.1, 0.15) is 38.5 Å². The number of morpholine rings is 1. The van der Waals surface area contributed by atoms with Crippen LogP contribution in [0.2, 0.25) is 0 Å². The van der Waals surface area contributed by atoms with Gasteiger partial charge in [0, 0.05) is 13.1 Å². The Kier molecular flexibility index (Phi) is 4.94. The minimum Gasteiger partial charge on any atom is -0.379 e. The van der Waals surface area contributed by atoms with Crippen LogP contribution in [0.15, 0.2) is 0 Å². The molecule has 0 atom stereocenters. The summed E-state index contributed by atoms with van der Waals surface area (Å²) in [6.07, 6.45) is 11.9. The third kappa shape index (κ3) is 4.12. The molecule has 1 aliphatic heterocycles. The molecule has 2 radical (unpaired) electrons. The van der Waals surface area contributed by atoms with Gasteiger partial charge in [0.05, 0.1) is 13.2 Å². The highest BCUT2D eigenvalue weighted by Crippen LogP contribution is 2.26. The van der Waals surface area contributed by atoms with E-state index in [1.54, 1.807) is 0 Å². The SMILES string of the molecule is [C](CCN1CCOCC1)C1CCCCC1. The fraction of sp³-hybridized carbons (Fsp3) is 0.923. The summed E-state index contributed by atoms with van der Waals surface area (Å²) >= 11 is 0. The molecule has 86 valence electrons. The molecular weight excluding hydrogens is 186 g/mol. The Morgan fingerprint density at radius 1 is 1.07 bits per heavy atom. The molecule has 2 heteroatoms. The standard InChI is InChI=1S/C13H23NO/c1-2-5-13(6-3-1)7-4-8-14-9-11-15-12-10-14/h13H,1-6,8-12H2. The number of ether oxygens (including phenoxy) is 1. The minimum atomic E-state index is 0.805. The highest BCUT2D eigenvalue weighted by atomic mass is 16.5. The lowest BCUT2D eigenvalue weighted by atomic mass is 9.86. The average Bonchev–Trinajstić information content (AvgIpc) is 2.32. The fourth-order valence-corrected chi connectivity index (χ4v) is 2.56. The molecule has 1 aliphatic carbocycles. The van der Waals surface area contributed by atoms with Gasteiger partial charge in [-0.25, -0.2) is 0 Å². The van der Waals surface area contributed by atoms with Crippen molar-refractivity contribution in [2.75, 3.05) is 32.8 Å². The second-order valence-electron chi connectivity index (χ2n) is 4.74. The lowest BCUT2D eigenvalue weighted by Gasteiger charge is -2.27. The van der Waals surface area contributed by atoms with Crippen LogP contribution in [0.25, 0.3) is 0 Å². The van der Waals surface area contributed by atoms with Crippen molar-refractivity contribution in [3.8, 4) is 0 Å². The molecule has 1 heterocycles. The van der Waals surface area contributed by atoms with Crippen molar-refractivity contribution in [1.29, 1.82) is 0 Å². The maximum Gasteiger partial charge on any atom is 0.0594 e. The van der Waals surface area contributed by atoms with E-state index in [1.165, 1.54) is 38.6 Å². The van der Waals surface area contributed by atoms with Gasteiger partial charge < -0.3 is 4.74 Å². The van der Waals surface area contributed by atoms with Crippen molar-refractivity contribution in [3.05, 3.63) is 6.42 Å². The predicted molar refractivity (Wildman–Crippen MR) is 61.7 cm³/mol. The van der Waals surface area contributed by atoms with E-state index in [2.05, 4.69) is 11.3 Å². The second kappa shape index (κ2) is 6.49. The molecule has 0 N–H and O–H groups in total. The largest absolute Gasteiger partial charge is 0.379 e. The van der Waals surface area contributed by atoms with Gasteiger partial charge in [0.2, 0.25) is 0 Å². The maximum atomic E-state index is 5.33. The van der Waals surface area contributed by atoms with E-state index in [0.29, 0.717) is 0 Å². The van der Waals surface area contributed by atoms with Gasteiger partial charge in [-0.3, -0.25) is 4.90 Å². The van der Waals surface area contributed by atoms with E-state index in [1.807, 2.05) is 0 Å². The summed E-state index contributed by atoms with van der Waals surface area (Å²) in [7, 11) is 0. The van der Waals surface area contributed by atoms with Crippen LogP contribution in [0.3, 0.4) is 0 Å². The van der Waals surface area contributed by atoms with Crippen molar-refractivity contribution in [2.45, 2.75) is 38.5 Å². The third-order valence-corrected chi connectivity index (χ3v) is 3.57. The van der Waals surface area contributed by atoms with Gasteiger partial charge in [0.1, 0.15) is 0 Å². The Morgan fingerprint density at radius 3 is 2.53 bits per heavy atom. The summed E-state index contributed by atoms with van der Waals surface area (Å²) in [5.74, 6) is 0.805. The van der Waals surface area contributed by atoms with Gasteiger partial charge in [0.25, 0.3) is 0 Å². The third-order valence-electron chi connectivity index (χ3n) is 3.57. The second-order valence-corrected chi connectivity index (χ2v) is 4.74.